The number of nitrogens with zero attached hydrogens (tertiary/aromatic N) is 1. The standard InChI is InChI=1S/C16H31N3O3S/c1-14-6-3-9-18(12-14)10-5-8-17-16(20)15-7-4-11-19(13-15)23(2,21)22/h14-15H,3-13H2,1-2H3,(H,17,20)/p+1/t14-,15-/m1/s1. The molecular weight excluding hydrogens is 314 g/mol. The van der Waals surface area contributed by atoms with Gasteiger partial charge in [0.2, 0.25) is 15.9 Å². The number of rotatable bonds is 6. The van der Waals surface area contributed by atoms with E-state index in [4.69, 9.17) is 0 Å². The first-order chi connectivity index (χ1) is 10.9. The highest BCUT2D eigenvalue weighted by molar-refractivity contribution is 7.88. The number of amides is 1. The second-order valence-electron chi connectivity index (χ2n) is 7.31. The number of hydrogen-bond acceptors (Lipinski definition) is 3. The predicted octanol–water partition coefficient (Wildman–Crippen LogP) is -0.521. The topological polar surface area (TPSA) is 70.9 Å². The van der Waals surface area contributed by atoms with E-state index in [1.807, 2.05) is 0 Å². The highest BCUT2D eigenvalue weighted by atomic mass is 32.2. The molecule has 2 fully saturated rings. The zero-order valence-corrected chi connectivity index (χ0v) is 15.3. The Balaban J connectivity index is 1.66. The molecule has 0 aromatic carbocycles. The molecule has 3 atom stereocenters. The van der Waals surface area contributed by atoms with E-state index in [9.17, 15) is 13.2 Å². The average molecular weight is 347 g/mol. The quantitative estimate of drug-likeness (QED) is 0.636. The molecule has 0 aliphatic carbocycles. The van der Waals surface area contributed by atoms with Crippen LogP contribution in [0.5, 0.6) is 0 Å². The Bertz CT molecular complexity index is 495. The van der Waals surface area contributed by atoms with E-state index in [0.717, 1.165) is 31.7 Å². The van der Waals surface area contributed by atoms with Gasteiger partial charge in [-0.15, -0.1) is 0 Å². The summed E-state index contributed by atoms with van der Waals surface area (Å²) >= 11 is 0. The molecule has 0 radical (unpaired) electrons. The van der Waals surface area contributed by atoms with Crippen molar-refractivity contribution in [3.63, 3.8) is 0 Å². The predicted molar refractivity (Wildman–Crippen MR) is 90.7 cm³/mol. The van der Waals surface area contributed by atoms with Crippen molar-refractivity contribution < 1.29 is 18.1 Å². The first-order valence-corrected chi connectivity index (χ1v) is 10.8. The van der Waals surface area contributed by atoms with Gasteiger partial charge in [0, 0.05) is 32.0 Å². The molecule has 134 valence electrons. The first-order valence-electron chi connectivity index (χ1n) is 8.92. The van der Waals surface area contributed by atoms with Gasteiger partial charge in [-0.3, -0.25) is 4.79 Å². The molecule has 0 aromatic rings. The summed E-state index contributed by atoms with van der Waals surface area (Å²) in [5.74, 6) is 0.638. The third-order valence-corrected chi connectivity index (χ3v) is 6.36. The Morgan fingerprint density at radius 2 is 2.09 bits per heavy atom. The normalized spacial score (nSPS) is 30.1. The van der Waals surface area contributed by atoms with Crippen molar-refractivity contribution in [2.45, 2.75) is 39.0 Å². The summed E-state index contributed by atoms with van der Waals surface area (Å²) in [6.45, 7) is 7.51. The van der Waals surface area contributed by atoms with Crippen LogP contribution in [0.1, 0.15) is 39.0 Å². The summed E-state index contributed by atoms with van der Waals surface area (Å²) in [4.78, 5) is 13.9. The molecular formula is C16H32N3O3S+. The van der Waals surface area contributed by atoms with Crippen molar-refractivity contribution >= 4 is 15.9 Å². The van der Waals surface area contributed by atoms with Gasteiger partial charge in [-0.25, -0.2) is 12.7 Å². The maximum atomic E-state index is 12.2. The number of likely N-dealkylation sites (tertiary alicyclic amines) is 1. The summed E-state index contributed by atoms with van der Waals surface area (Å²) in [5, 5.41) is 3.00. The van der Waals surface area contributed by atoms with Crippen LogP contribution in [0.15, 0.2) is 0 Å². The number of sulfonamides is 1. The summed E-state index contributed by atoms with van der Waals surface area (Å²) in [5.41, 5.74) is 0. The van der Waals surface area contributed by atoms with Crippen molar-refractivity contribution in [1.82, 2.24) is 9.62 Å². The highest BCUT2D eigenvalue weighted by Crippen LogP contribution is 2.18. The van der Waals surface area contributed by atoms with E-state index in [1.165, 1.54) is 36.5 Å². The van der Waals surface area contributed by atoms with E-state index < -0.39 is 10.0 Å². The Labute approximate surface area is 140 Å². The molecule has 23 heavy (non-hydrogen) atoms. The summed E-state index contributed by atoms with van der Waals surface area (Å²) in [7, 11) is -3.19. The van der Waals surface area contributed by atoms with Crippen LogP contribution in [0.25, 0.3) is 0 Å². The molecule has 7 heteroatoms. The van der Waals surface area contributed by atoms with Crippen LogP contribution in [0, 0.1) is 11.8 Å². The fraction of sp³-hybridized carbons (Fsp3) is 0.938. The van der Waals surface area contributed by atoms with Gasteiger partial charge in [0.15, 0.2) is 0 Å². The van der Waals surface area contributed by atoms with Crippen LogP contribution in [-0.2, 0) is 14.8 Å². The molecule has 1 amide bonds. The van der Waals surface area contributed by atoms with Crippen molar-refractivity contribution in [2.24, 2.45) is 11.8 Å². The van der Waals surface area contributed by atoms with Gasteiger partial charge in [0.1, 0.15) is 0 Å². The Kier molecular flexibility index (Phi) is 6.85. The highest BCUT2D eigenvalue weighted by Gasteiger charge is 2.30. The second-order valence-corrected chi connectivity index (χ2v) is 9.29. The summed E-state index contributed by atoms with van der Waals surface area (Å²) < 4.78 is 24.6. The van der Waals surface area contributed by atoms with Gasteiger partial charge in [-0.1, -0.05) is 6.92 Å². The lowest BCUT2D eigenvalue weighted by Gasteiger charge is -2.30. The van der Waals surface area contributed by atoms with Crippen LogP contribution in [0.2, 0.25) is 0 Å². The number of carbonyl (C=O) groups excluding carboxylic acids is 1. The number of quaternary nitrogens is 1. The van der Waals surface area contributed by atoms with Crippen molar-refractivity contribution in [3.05, 3.63) is 0 Å². The largest absolute Gasteiger partial charge is 0.356 e. The van der Waals surface area contributed by atoms with E-state index >= 15 is 0 Å². The van der Waals surface area contributed by atoms with Crippen molar-refractivity contribution in [2.75, 3.05) is 45.5 Å². The van der Waals surface area contributed by atoms with Crippen LogP contribution >= 0.6 is 0 Å². The maximum Gasteiger partial charge on any atom is 0.224 e. The molecule has 0 spiro atoms. The minimum Gasteiger partial charge on any atom is -0.356 e. The average Bonchev–Trinajstić information content (AvgIpc) is 2.51. The smallest absolute Gasteiger partial charge is 0.224 e. The Morgan fingerprint density at radius 1 is 1.30 bits per heavy atom. The molecule has 6 nitrogen and oxygen atoms in total. The minimum absolute atomic E-state index is 0.0142. The molecule has 0 bridgehead atoms. The third-order valence-electron chi connectivity index (χ3n) is 5.09. The molecule has 0 aromatic heterocycles. The minimum atomic E-state index is -3.19. The van der Waals surface area contributed by atoms with Crippen LogP contribution in [0.4, 0.5) is 0 Å². The van der Waals surface area contributed by atoms with Gasteiger partial charge in [0.25, 0.3) is 0 Å². The molecule has 2 saturated heterocycles. The van der Waals surface area contributed by atoms with Crippen LogP contribution in [-0.4, -0.2) is 64.2 Å². The lowest BCUT2D eigenvalue weighted by molar-refractivity contribution is -0.908. The maximum absolute atomic E-state index is 12.2. The first kappa shape index (κ1) is 18.7. The molecule has 2 aliphatic rings. The lowest BCUT2D eigenvalue weighted by atomic mass is 9.99. The van der Waals surface area contributed by atoms with Crippen molar-refractivity contribution in [1.29, 1.82) is 0 Å². The Hall–Kier alpha value is -0.660. The molecule has 2 N–H and O–H groups in total. The number of carbonyl (C=O) groups is 1. The van der Waals surface area contributed by atoms with Gasteiger partial charge < -0.3 is 10.2 Å². The van der Waals surface area contributed by atoms with Crippen molar-refractivity contribution in [3.8, 4) is 0 Å². The fourth-order valence-electron chi connectivity index (χ4n) is 3.78. The molecule has 2 heterocycles. The summed E-state index contributed by atoms with van der Waals surface area (Å²) in [6.07, 6.45) is 6.42. The SMILES string of the molecule is C[C@@H]1CCC[NH+](CCCNC(=O)[C@@H]2CCCN(S(C)(=O)=O)C2)C1. The zero-order valence-electron chi connectivity index (χ0n) is 14.5. The number of piperidine rings is 2. The molecule has 1 unspecified atom stereocenters. The monoisotopic (exact) mass is 346 g/mol. The van der Waals surface area contributed by atoms with E-state index in [2.05, 4.69) is 12.2 Å². The van der Waals surface area contributed by atoms with Crippen LogP contribution in [0.3, 0.4) is 0 Å². The zero-order chi connectivity index (χ0) is 16.9. The fourth-order valence-corrected chi connectivity index (χ4v) is 4.69. The number of hydrogen-bond donors (Lipinski definition) is 2. The van der Waals surface area contributed by atoms with E-state index in [0.29, 0.717) is 19.6 Å². The Morgan fingerprint density at radius 3 is 2.78 bits per heavy atom. The molecule has 0 saturated carbocycles. The van der Waals surface area contributed by atoms with E-state index in [-0.39, 0.29) is 11.8 Å². The third kappa shape index (κ3) is 6.04. The van der Waals surface area contributed by atoms with Crippen LogP contribution < -0.4 is 10.2 Å². The van der Waals surface area contributed by atoms with Gasteiger partial charge >= 0.3 is 0 Å². The number of nitrogens with one attached hydrogen (secondary N) is 2. The second kappa shape index (κ2) is 8.44. The molecule has 2 rings (SSSR count). The van der Waals surface area contributed by atoms with E-state index in [1.54, 1.807) is 4.90 Å². The van der Waals surface area contributed by atoms with Gasteiger partial charge in [0.05, 0.1) is 31.8 Å². The molecule has 2 aliphatic heterocycles. The van der Waals surface area contributed by atoms with Gasteiger partial charge in [-0.2, -0.15) is 0 Å². The summed E-state index contributed by atoms with van der Waals surface area (Å²) in [6, 6.07) is 0. The lowest BCUT2D eigenvalue weighted by Crippen LogP contribution is -3.13. The van der Waals surface area contributed by atoms with Gasteiger partial charge in [-0.05, 0) is 25.7 Å².